The first-order chi connectivity index (χ1) is 7.86. The Balaban J connectivity index is 2.06. The molecule has 96 valence electrons. The van der Waals surface area contributed by atoms with Gasteiger partial charge in [0.2, 0.25) is 0 Å². The van der Waals surface area contributed by atoms with Crippen molar-refractivity contribution in [3.8, 4) is 0 Å². The molecule has 1 rings (SSSR count). The van der Waals surface area contributed by atoms with Crippen LogP contribution in [0.3, 0.4) is 0 Å². The minimum Gasteiger partial charge on any atom is -0.396 e. The van der Waals surface area contributed by atoms with Crippen molar-refractivity contribution < 1.29 is 9.84 Å². The fourth-order valence-corrected chi connectivity index (χ4v) is 2.45. The molecular formula is C13H27NO2. The molecule has 0 amide bonds. The third-order valence-corrected chi connectivity index (χ3v) is 3.42. The van der Waals surface area contributed by atoms with Gasteiger partial charge in [0.25, 0.3) is 0 Å². The zero-order valence-electron chi connectivity index (χ0n) is 10.7. The lowest BCUT2D eigenvalue weighted by molar-refractivity contribution is 0.0365. The molecule has 0 aromatic carbocycles. The van der Waals surface area contributed by atoms with Crippen LogP contribution in [-0.4, -0.2) is 49.5 Å². The van der Waals surface area contributed by atoms with Crippen molar-refractivity contribution in [3.63, 3.8) is 0 Å². The van der Waals surface area contributed by atoms with Crippen LogP contribution in [0.25, 0.3) is 0 Å². The minimum atomic E-state index is 0.349. The highest BCUT2D eigenvalue weighted by atomic mass is 16.5. The predicted molar refractivity (Wildman–Crippen MR) is 66.6 cm³/mol. The van der Waals surface area contributed by atoms with Crippen LogP contribution in [0.1, 0.15) is 39.0 Å². The Labute approximate surface area is 99.8 Å². The summed E-state index contributed by atoms with van der Waals surface area (Å²) in [6.45, 7) is 7.77. The number of aliphatic hydroxyl groups excluding tert-OH is 1. The summed E-state index contributed by atoms with van der Waals surface area (Å²) in [6.07, 6.45) is 6.03. The van der Waals surface area contributed by atoms with Gasteiger partial charge in [0.15, 0.2) is 0 Å². The van der Waals surface area contributed by atoms with Crippen LogP contribution in [0.4, 0.5) is 0 Å². The van der Waals surface area contributed by atoms with Gasteiger partial charge in [-0.3, -0.25) is 4.90 Å². The summed E-state index contributed by atoms with van der Waals surface area (Å²) in [4.78, 5) is 2.49. The van der Waals surface area contributed by atoms with Crippen molar-refractivity contribution in [3.05, 3.63) is 0 Å². The van der Waals surface area contributed by atoms with Crippen LogP contribution in [0.15, 0.2) is 0 Å². The summed E-state index contributed by atoms with van der Waals surface area (Å²) in [5.74, 6) is 0.732. The molecule has 0 spiro atoms. The zero-order valence-corrected chi connectivity index (χ0v) is 10.7. The molecule has 3 heteroatoms. The molecule has 16 heavy (non-hydrogen) atoms. The van der Waals surface area contributed by atoms with E-state index in [1.54, 1.807) is 0 Å². The van der Waals surface area contributed by atoms with Gasteiger partial charge in [-0.25, -0.2) is 0 Å². The van der Waals surface area contributed by atoms with E-state index < -0.39 is 0 Å². The molecule has 0 aromatic heterocycles. The molecule has 1 saturated heterocycles. The maximum atomic E-state index is 8.98. The Morgan fingerprint density at radius 1 is 1.19 bits per heavy atom. The second kappa shape index (κ2) is 8.97. The average Bonchev–Trinajstić information content (AvgIpc) is 2.31. The second-order valence-electron chi connectivity index (χ2n) is 4.76. The Kier molecular flexibility index (Phi) is 7.81. The van der Waals surface area contributed by atoms with Crippen LogP contribution in [0, 0.1) is 5.92 Å². The van der Waals surface area contributed by atoms with Crippen LogP contribution in [-0.2, 0) is 4.74 Å². The van der Waals surface area contributed by atoms with Crippen molar-refractivity contribution >= 4 is 0 Å². The fraction of sp³-hybridized carbons (Fsp3) is 1.00. The van der Waals surface area contributed by atoms with Gasteiger partial charge in [-0.2, -0.15) is 0 Å². The van der Waals surface area contributed by atoms with Gasteiger partial charge in [-0.15, -0.1) is 0 Å². The van der Waals surface area contributed by atoms with Crippen LogP contribution >= 0.6 is 0 Å². The number of rotatable bonds is 8. The average molecular weight is 229 g/mol. The summed E-state index contributed by atoms with van der Waals surface area (Å²) in [6, 6.07) is 0. The van der Waals surface area contributed by atoms with Gasteiger partial charge in [0, 0.05) is 19.7 Å². The molecule has 1 heterocycles. The molecule has 1 atom stereocenters. The van der Waals surface area contributed by atoms with E-state index in [4.69, 9.17) is 9.84 Å². The van der Waals surface area contributed by atoms with Gasteiger partial charge >= 0.3 is 0 Å². The molecular weight excluding hydrogens is 202 g/mol. The molecule has 0 aliphatic carbocycles. The standard InChI is InChI=1S/C13H27NO2/c1-2-4-13(6-10-15)5-3-7-14-8-11-16-12-9-14/h13,15H,2-12H2,1H3/t13-/m1/s1. The van der Waals surface area contributed by atoms with Crippen molar-refractivity contribution in [2.24, 2.45) is 5.92 Å². The normalized spacial score (nSPS) is 19.9. The zero-order chi connectivity index (χ0) is 11.6. The first kappa shape index (κ1) is 13.9. The van der Waals surface area contributed by atoms with E-state index in [1.807, 2.05) is 0 Å². The summed E-state index contributed by atoms with van der Waals surface area (Å²) in [7, 11) is 0. The molecule has 1 N–H and O–H groups in total. The molecule has 3 nitrogen and oxygen atoms in total. The van der Waals surface area contributed by atoms with Crippen LogP contribution < -0.4 is 0 Å². The van der Waals surface area contributed by atoms with Gasteiger partial charge < -0.3 is 9.84 Å². The highest BCUT2D eigenvalue weighted by Gasteiger charge is 2.11. The van der Waals surface area contributed by atoms with E-state index in [0.717, 1.165) is 38.6 Å². The summed E-state index contributed by atoms with van der Waals surface area (Å²) in [5.41, 5.74) is 0. The lowest BCUT2D eigenvalue weighted by Crippen LogP contribution is -2.36. The molecule has 1 aliphatic rings. The number of ether oxygens (including phenoxy) is 1. The van der Waals surface area contributed by atoms with Crippen molar-refractivity contribution in [2.45, 2.75) is 39.0 Å². The first-order valence-electron chi connectivity index (χ1n) is 6.77. The fourth-order valence-electron chi connectivity index (χ4n) is 2.45. The quantitative estimate of drug-likeness (QED) is 0.690. The van der Waals surface area contributed by atoms with Gasteiger partial charge in [-0.1, -0.05) is 19.8 Å². The van der Waals surface area contributed by atoms with E-state index in [0.29, 0.717) is 6.61 Å². The topological polar surface area (TPSA) is 32.7 Å². The molecule has 1 aliphatic heterocycles. The molecule has 0 radical (unpaired) electrons. The SMILES string of the molecule is CCC[C@@H](CCO)CCCN1CCOCC1. The maximum absolute atomic E-state index is 8.98. The molecule has 0 bridgehead atoms. The molecule has 1 fully saturated rings. The number of aliphatic hydroxyl groups is 1. The minimum absolute atomic E-state index is 0.349. The highest BCUT2D eigenvalue weighted by Crippen LogP contribution is 2.17. The molecule has 0 unspecified atom stereocenters. The van der Waals surface area contributed by atoms with Gasteiger partial charge in [0.05, 0.1) is 13.2 Å². The van der Waals surface area contributed by atoms with Crippen LogP contribution in [0.2, 0.25) is 0 Å². The number of hydrogen-bond acceptors (Lipinski definition) is 3. The summed E-state index contributed by atoms with van der Waals surface area (Å²) >= 11 is 0. The van der Waals surface area contributed by atoms with Crippen LogP contribution in [0.5, 0.6) is 0 Å². The van der Waals surface area contributed by atoms with Crippen molar-refractivity contribution in [1.29, 1.82) is 0 Å². The number of hydrogen-bond donors (Lipinski definition) is 1. The van der Waals surface area contributed by atoms with Crippen molar-refractivity contribution in [2.75, 3.05) is 39.5 Å². The summed E-state index contributed by atoms with van der Waals surface area (Å²) in [5, 5.41) is 8.98. The largest absolute Gasteiger partial charge is 0.396 e. The lowest BCUT2D eigenvalue weighted by Gasteiger charge is -2.27. The van der Waals surface area contributed by atoms with Crippen molar-refractivity contribution in [1.82, 2.24) is 4.90 Å². The van der Waals surface area contributed by atoms with E-state index in [9.17, 15) is 0 Å². The van der Waals surface area contributed by atoms with E-state index >= 15 is 0 Å². The maximum Gasteiger partial charge on any atom is 0.0594 e. The molecule has 0 saturated carbocycles. The number of nitrogens with zero attached hydrogens (tertiary/aromatic N) is 1. The third-order valence-electron chi connectivity index (χ3n) is 3.42. The van der Waals surface area contributed by atoms with E-state index in [2.05, 4.69) is 11.8 Å². The number of morpholine rings is 1. The molecule has 0 aromatic rings. The summed E-state index contributed by atoms with van der Waals surface area (Å²) < 4.78 is 5.33. The monoisotopic (exact) mass is 229 g/mol. The Bertz CT molecular complexity index is 152. The first-order valence-corrected chi connectivity index (χ1v) is 6.77. The van der Waals surface area contributed by atoms with Gasteiger partial charge in [0.1, 0.15) is 0 Å². The third kappa shape index (κ3) is 5.83. The lowest BCUT2D eigenvalue weighted by atomic mass is 9.95. The Morgan fingerprint density at radius 3 is 2.56 bits per heavy atom. The highest BCUT2D eigenvalue weighted by molar-refractivity contribution is 4.64. The van der Waals surface area contributed by atoms with E-state index in [1.165, 1.54) is 32.2 Å². The van der Waals surface area contributed by atoms with E-state index in [-0.39, 0.29) is 0 Å². The van der Waals surface area contributed by atoms with Gasteiger partial charge in [-0.05, 0) is 31.7 Å². The predicted octanol–water partition coefficient (Wildman–Crippen LogP) is 1.90. The second-order valence-corrected chi connectivity index (χ2v) is 4.76. The Hall–Kier alpha value is -0.120. The Morgan fingerprint density at radius 2 is 1.94 bits per heavy atom. The smallest absolute Gasteiger partial charge is 0.0594 e.